The number of hydrogen-bond donors (Lipinski definition) is 1. The molecule has 1 amide bonds. The van der Waals surface area contributed by atoms with Crippen LogP contribution in [0.3, 0.4) is 0 Å². The number of anilines is 1. The second-order valence-electron chi connectivity index (χ2n) is 6.16. The average molecular weight is 320 g/mol. The fraction of sp³-hybridized carbons (Fsp3) is 0.211. The number of amides is 1. The Hall–Kier alpha value is -2.79. The highest BCUT2D eigenvalue weighted by molar-refractivity contribution is 6.01. The van der Waals surface area contributed by atoms with Crippen LogP contribution in [-0.2, 0) is 11.3 Å². The second-order valence-corrected chi connectivity index (χ2v) is 6.16. The Balaban J connectivity index is 2.06. The van der Waals surface area contributed by atoms with E-state index in [0.717, 1.165) is 33.8 Å². The van der Waals surface area contributed by atoms with Crippen molar-refractivity contribution >= 4 is 23.0 Å². The summed E-state index contributed by atoms with van der Waals surface area (Å²) in [5.41, 5.74) is 9.85. The molecule has 0 fully saturated rings. The summed E-state index contributed by atoms with van der Waals surface area (Å²) < 4.78 is 0. The quantitative estimate of drug-likeness (QED) is 0.810. The number of hydrogen-bond acceptors (Lipinski definition) is 4. The Morgan fingerprint density at radius 1 is 1.00 bits per heavy atom. The second kappa shape index (κ2) is 5.39. The van der Waals surface area contributed by atoms with Crippen molar-refractivity contribution in [2.75, 3.05) is 19.0 Å². The van der Waals surface area contributed by atoms with Gasteiger partial charge in [0.05, 0.1) is 23.6 Å². The zero-order valence-corrected chi connectivity index (χ0v) is 14.1. The molecule has 0 saturated carbocycles. The lowest BCUT2D eigenvalue weighted by molar-refractivity contribution is -0.116. The molecule has 24 heavy (non-hydrogen) atoms. The molecule has 2 aliphatic rings. The maximum absolute atomic E-state index is 12.3. The first-order valence-electron chi connectivity index (χ1n) is 8.02. The van der Waals surface area contributed by atoms with Crippen molar-refractivity contribution in [2.45, 2.75) is 13.5 Å². The molecule has 2 aliphatic heterocycles. The minimum Gasteiger partial charge on any atom is -0.308 e. The van der Waals surface area contributed by atoms with Gasteiger partial charge >= 0.3 is 0 Å². The molecule has 2 aromatic rings. The number of fused-ring (bicyclic) bond motifs is 4. The van der Waals surface area contributed by atoms with E-state index in [0.29, 0.717) is 6.54 Å². The van der Waals surface area contributed by atoms with Gasteiger partial charge in [-0.1, -0.05) is 42.5 Å². The van der Waals surface area contributed by atoms with Gasteiger partial charge in [0, 0.05) is 32.1 Å². The molecule has 0 spiro atoms. The summed E-state index contributed by atoms with van der Waals surface area (Å²) in [5.74, 6) is 0.0447. The van der Waals surface area contributed by atoms with Gasteiger partial charge in [-0.25, -0.2) is 0 Å². The summed E-state index contributed by atoms with van der Waals surface area (Å²) in [5, 5.41) is 4.04. The molecule has 0 radical (unpaired) electrons. The van der Waals surface area contributed by atoms with E-state index < -0.39 is 0 Å². The maximum Gasteiger partial charge on any atom is 0.224 e. The molecule has 0 saturated heterocycles. The molecule has 0 aromatic heterocycles. The summed E-state index contributed by atoms with van der Waals surface area (Å²) in [6.45, 7) is 2.19. The third-order valence-electron chi connectivity index (χ3n) is 4.73. The minimum absolute atomic E-state index is 0.0447. The van der Waals surface area contributed by atoms with Crippen molar-refractivity contribution < 1.29 is 4.79 Å². The molecule has 2 aromatic carbocycles. The lowest BCUT2D eigenvalue weighted by Crippen LogP contribution is -2.37. The van der Waals surface area contributed by atoms with E-state index in [9.17, 15) is 4.79 Å². The van der Waals surface area contributed by atoms with Gasteiger partial charge in [-0.05, 0) is 11.6 Å². The molecule has 5 nitrogen and oxygen atoms in total. The molecule has 0 aliphatic carbocycles. The SMILES string of the molecule is CC(=O)N1Cc2ccccc2C2=C(c3ccccc31)N(C)N(C)N2. The van der Waals surface area contributed by atoms with Crippen LogP contribution in [0.15, 0.2) is 48.5 Å². The first-order valence-corrected chi connectivity index (χ1v) is 8.02. The van der Waals surface area contributed by atoms with Crippen molar-refractivity contribution in [1.82, 2.24) is 15.6 Å². The van der Waals surface area contributed by atoms with Crippen LogP contribution < -0.4 is 10.3 Å². The highest BCUT2D eigenvalue weighted by Gasteiger charge is 2.32. The van der Waals surface area contributed by atoms with E-state index in [1.165, 1.54) is 0 Å². The Morgan fingerprint density at radius 2 is 1.67 bits per heavy atom. The number of hydrazine groups is 2. The highest BCUT2D eigenvalue weighted by atomic mass is 16.2. The van der Waals surface area contributed by atoms with Gasteiger partial charge < -0.3 is 4.90 Å². The lowest BCUT2D eigenvalue weighted by atomic mass is 9.96. The number of rotatable bonds is 0. The predicted molar refractivity (Wildman–Crippen MR) is 95.2 cm³/mol. The lowest BCUT2D eigenvalue weighted by Gasteiger charge is -2.29. The molecule has 1 N–H and O–H groups in total. The molecule has 0 atom stereocenters. The van der Waals surface area contributed by atoms with Gasteiger partial charge in [0.2, 0.25) is 5.91 Å². The smallest absolute Gasteiger partial charge is 0.224 e. The number of nitrogens with one attached hydrogen (secondary N) is 1. The fourth-order valence-corrected chi connectivity index (χ4v) is 3.45. The number of carbonyl (C=O) groups excluding carboxylic acids is 1. The van der Waals surface area contributed by atoms with E-state index in [1.54, 1.807) is 6.92 Å². The van der Waals surface area contributed by atoms with E-state index >= 15 is 0 Å². The zero-order chi connectivity index (χ0) is 16.8. The van der Waals surface area contributed by atoms with Gasteiger partial charge in [-0.2, -0.15) is 0 Å². The molecule has 4 rings (SSSR count). The number of para-hydroxylation sites is 1. The van der Waals surface area contributed by atoms with Crippen LogP contribution in [0.1, 0.15) is 23.6 Å². The Kier molecular flexibility index (Phi) is 3.32. The van der Waals surface area contributed by atoms with Gasteiger partial charge in [0.1, 0.15) is 0 Å². The van der Waals surface area contributed by atoms with Crippen molar-refractivity contribution in [3.63, 3.8) is 0 Å². The highest BCUT2D eigenvalue weighted by Crippen LogP contribution is 2.40. The number of carbonyl (C=O) groups is 1. The van der Waals surface area contributed by atoms with Crippen LogP contribution in [0.4, 0.5) is 5.69 Å². The summed E-state index contributed by atoms with van der Waals surface area (Å²) in [6.07, 6.45) is 0. The standard InChI is InChI=1S/C19H20N4O/c1-13(24)23-12-14-8-4-5-9-15(14)18-19(21(2)22(3)20-18)16-10-6-7-11-17(16)23/h4-11,20H,12H2,1-3H3. The summed E-state index contributed by atoms with van der Waals surface area (Å²) in [7, 11) is 4.01. The van der Waals surface area contributed by atoms with Crippen LogP contribution in [0.2, 0.25) is 0 Å². The van der Waals surface area contributed by atoms with E-state index in [-0.39, 0.29) is 5.91 Å². The topological polar surface area (TPSA) is 38.8 Å². The van der Waals surface area contributed by atoms with Crippen LogP contribution >= 0.6 is 0 Å². The molecule has 0 unspecified atom stereocenters. The monoisotopic (exact) mass is 320 g/mol. The van der Waals surface area contributed by atoms with Gasteiger partial charge in [-0.15, -0.1) is 5.12 Å². The number of benzene rings is 2. The minimum atomic E-state index is 0.0447. The Bertz CT molecular complexity index is 858. The van der Waals surface area contributed by atoms with E-state index in [2.05, 4.69) is 28.6 Å². The maximum atomic E-state index is 12.3. The number of nitrogens with zero attached hydrogens (tertiary/aromatic N) is 3. The van der Waals surface area contributed by atoms with Gasteiger partial charge in [-0.3, -0.25) is 15.2 Å². The van der Waals surface area contributed by atoms with Crippen molar-refractivity contribution in [3.05, 3.63) is 65.2 Å². The van der Waals surface area contributed by atoms with Crippen LogP contribution in [0.5, 0.6) is 0 Å². The molecule has 5 heteroatoms. The van der Waals surface area contributed by atoms with Crippen molar-refractivity contribution in [2.24, 2.45) is 0 Å². The first kappa shape index (κ1) is 14.8. The van der Waals surface area contributed by atoms with Gasteiger partial charge in [0.15, 0.2) is 0 Å². The normalized spacial score (nSPS) is 16.8. The van der Waals surface area contributed by atoms with E-state index in [4.69, 9.17) is 0 Å². The summed E-state index contributed by atoms with van der Waals surface area (Å²) in [6, 6.07) is 16.3. The average Bonchev–Trinajstić information content (AvgIpc) is 2.86. The largest absolute Gasteiger partial charge is 0.308 e. The Labute approximate surface area is 141 Å². The predicted octanol–water partition coefficient (Wildman–Crippen LogP) is 2.68. The molecule has 0 bridgehead atoms. The molecule has 122 valence electrons. The molecular weight excluding hydrogens is 300 g/mol. The molecular formula is C19H20N4O. The van der Waals surface area contributed by atoms with Crippen LogP contribution in [0.25, 0.3) is 11.4 Å². The Morgan fingerprint density at radius 3 is 2.42 bits per heavy atom. The first-order chi connectivity index (χ1) is 11.6. The third-order valence-corrected chi connectivity index (χ3v) is 4.73. The fourth-order valence-electron chi connectivity index (χ4n) is 3.45. The summed E-state index contributed by atoms with van der Waals surface area (Å²) >= 11 is 0. The van der Waals surface area contributed by atoms with Crippen molar-refractivity contribution in [3.8, 4) is 0 Å². The van der Waals surface area contributed by atoms with E-state index in [1.807, 2.05) is 54.4 Å². The van der Waals surface area contributed by atoms with Crippen LogP contribution in [0, 0.1) is 0 Å². The van der Waals surface area contributed by atoms with Gasteiger partial charge in [0.25, 0.3) is 0 Å². The third kappa shape index (κ3) is 2.09. The van der Waals surface area contributed by atoms with Crippen LogP contribution in [-0.4, -0.2) is 30.1 Å². The summed E-state index contributed by atoms with van der Waals surface area (Å²) in [4.78, 5) is 14.2. The molecule has 2 heterocycles. The van der Waals surface area contributed by atoms with Crippen molar-refractivity contribution in [1.29, 1.82) is 0 Å². The zero-order valence-electron chi connectivity index (χ0n) is 14.1.